The van der Waals surface area contributed by atoms with E-state index in [1.165, 1.54) is 0 Å². The summed E-state index contributed by atoms with van der Waals surface area (Å²) >= 11 is 0. The molecule has 0 aliphatic carbocycles. The minimum absolute atomic E-state index is 0.841. The largest absolute Gasteiger partial charge is 0.394 e. The van der Waals surface area contributed by atoms with Gasteiger partial charge in [-0.2, -0.15) is 0 Å². The molecule has 0 aliphatic rings. The van der Waals surface area contributed by atoms with Crippen molar-refractivity contribution in [3.8, 4) is 0 Å². The number of nitro groups is 1. The molecule has 7 nitrogen and oxygen atoms in total. The van der Waals surface area contributed by atoms with Crippen LogP contribution in [-0.2, 0) is 0 Å². The van der Waals surface area contributed by atoms with Crippen molar-refractivity contribution in [1.82, 2.24) is 0 Å². The van der Waals surface area contributed by atoms with Crippen molar-refractivity contribution in [3.63, 3.8) is 0 Å². The summed E-state index contributed by atoms with van der Waals surface area (Å²) in [4.78, 5) is 8.60. The molecule has 7 heteroatoms. The number of hydrogen-bond acceptors (Lipinski definition) is 6. The van der Waals surface area contributed by atoms with Gasteiger partial charge in [-0.05, 0) is 0 Å². The highest BCUT2D eigenvalue weighted by Gasteiger charge is 2.32. The van der Waals surface area contributed by atoms with Crippen LogP contribution in [0.1, 0.15) is 0 Å². The second kappa shape index (κ2) is 4.19. The fourth-order valence-electron chi connectivity index (χ4n) is 0.431. The molecule has 0 amide bonds. The van der Waals surface area contributed by atoms with Crippen LogP contribution in [-0.4, -0.2) is 50.4 Å². The number of aliphatic hydroxyl groups is 4. The zero-order chi connectivity index (χ0) is 9.02. The normalized spacial score (nSPS) is 18.9. The Morgan fingerprint density at radius 2 is 1.82 bits per heavy atom. The minimum atomic E-state index is -2.27. The molecule has 0 aromatic carbocycles. The second-order valence-corrected chi connectivity index (χ2v) is 1.94. The average molecular weight is 167 g/mol. The van der Waals surface area contributed by atoms with Crippen molar-refractivity contribution >= 4 is 0 Å². The molecule has 0 saturated heterocycles. The summed E-state index contributed by atoms with van der Waals surface area (Å²) in [7, 11) is 0. The van der Waals surface area contributed by atoms with Gasteiger partial charge in [0.2, 0.25) is 0 Å². The molecule has 0 bridgehead atoms. The van der Waals surface area contributed by atoms with Crippen LogP contribution in [0, 0.1) is 10.1 Å². The SMILES string of the molecule is O=[N+]([O-])C(O)C(O)C(O)CO. The third kappa shape index (κ3) is 2.76. The molecule has 0 rings (SSSR count). The van der Waals surface area contributed by atoms with Crippen LogP contribution < -0.4 is 0 Å². The first-order chi connectivity index (χ1) is 5.00. The Labute approximate surface area is 61.7 Å². The van der Waals surface area contributed by atoms with E-state index in [0.717, 1.165) is 0 Å². The lowest BCUT2D eigenvalue weighted by Crippen LogP contribution is -2.43. The molecule has 0 heterocycles. The van der Waals surface area contributed by atoms with Crippen molar-refractivity contribution < 1.29 is 25.3 Å². The summed E-state index contributed by atoms with van der Waals surface area (Å²) in [5, 5.41) is 43.7. The molecule has 4 N–H and O–H groups in total. The van der Waals surface area contributed by atoms with Crippen LogP contribution in [0.2, 0.25) is 0 Å². The first kappa shape index (κ1) is 10.2. The zero-order valence-corrected chi connectivity index (χ0v) is 5.49. The van der Waals surface area contributed by atoms with E-state index in [2.05, 4.69) is 0 Å². The summed E-state index contributed by atoms with van der Waals surface area (Å²) in [5.74, 6) is 0. The fourth-order valence-corrected chi connectivity index (χ4v) is 0.431. The Morgan fingerprint density at radius 1 is 1.36 bits per heavy atom. The lowest BCUT2D eigenvalue weighted by Gasteiger charge is -2.14. The summed E-state index contributed by atoms with van der Waals surface area (Å²) in [5.41, 5.74) is 0. The molecule has 11 heavy (non-hydrogen) atoms. The molecule has 0 aliphatic heterocycles. The van der Waals surface area contributed by atoms with Crippen LogP contribution in [0.4, 0.5) is 0 Å². The van der Waals surface area contributed by atoms with Gasteiger partial charge in [0.05, 0.1) is 11.5 Å². The number of rotatable bonds is 4. The third-order valence-corrected chi connectivity index (χ3v) is 1.10. The topological polar surface area (TPSA) is 124 Å². The van der Waals surface area contributed by atoms with Crippen molar-refractivity contribution in [2.24, 2.45) is 0 Å². The highest BCUT2D eigenvalue weighted by molar-refractivity contribution is 4.67. The number of aliphatic hydroxyl groups excluding tert-OH is 4. The highest BCUT2D eigenvalue weighted by atomic mass is 16.7. The summed E-state index contributed by atoms with van der Waals surface area (Å²) < 4.78 is 0. The van der Waals surface area contributed by atoms with Gasteiger partial charge in [0.15, 0.2) is 6.10 Å². The third-order valence-electron chi connectivity index (χ3n) is 1.10. The molecule has 0 fully saturated rings. The molecule has 0 spiro atoms. The maximum atomic E-state index is 9.76. The van der Waals surface area contributed by atoms with Gasteiger partial charge in [-0.3, -0.25) is 10.1 Å². The van der Waals surface area contributed by atoms with E-state index in [-0.39, 0.29) is 0 Å². The van der Waals surface area contributed by atoms with E-state index >= 15 is 0 Å². The van der Waals surface area contributed by atoms with E-state index < -0.39 is 30.0 Å². The van der Waals surface area contributed by atoms with Gasteiger partial charge in [-0.25, -0.2) is 0 Å². The molecular formula is C4H9NO6. The van der Waals surface area contributed by atoms with Crippen molar-refractivity contribution in [3.05, 3.63) is 10.1 Å². The average Bonchev–Trinajstić information content (AvgIpc) is 2.00. The van der Waals surface area contributed by atoms with Crippen molar-refractivity contribution in [2.75, 3.05) is 6.61 Å². The van der Waals surface area contributed by atoms with Crippen LogP contribution in [0.25, 0.3) is 0 Å². The highest BCUT2D eigenvalue weighted by Crippen LogP contribution is 1.99. The molecule has 0 aromatic rings. The van der Waals surface area contributed by atoms with Crippen LogP contribution in [0.3, 0.4) is 0 Å². The number of hydrogen-bond donors (Lipinski definition) is 4. The maximum absolute atomic E-state index is 9.76. The van der Waals surface area contributed by atoms with E-state index in [1.54, 1.807) is 0 Å². The zero-order valence-electron chi connectivity index (χ0n) is 5.49. The molecule has 3 atom stereocenters. The summed E-state index contributed by atoms with van der Waals surface area (Å²) in [6.07, 6.45) is -5.93. The predicted molar refractivity (Wildman–Crippen MR) is 32.1 cm³/mol. The van der Waals surface area contributed by atoms with Crippen molar-refractivity contribution in [1.29, 1.82) is 0 Å². The van der Waals surface area contributed by atoms with Crippen LogP contribution >= 0.6 is 0 Å². The summed E-state index contributed by atoms with van der Waals surface area (Å²) in [6.45, 7) is -0.841. The van der Waals surface area contributed by atoms with E-state index in [4.69, 9.17) is 20.4 Å². The summed E-state index contributed by atoms with van der Waals surface area (Å²) in [6, 6.07) is 0. The standard InChI is InChI=1S/C4H9NO6/c6-1-2(7)3(8)4(9)5(10)11/h2-4,6-9H,1H2. The fraction of sp³-hybridized carbons (Fsp3) is 1.00. The van der Waals surface area contributed by atoms with Gasteiger partial charge in [-0.1, -0.05) is 0 Å². The van der Waals surface area contributed by atoms with Gasteiger partial charge >= 0.3 is 6.23 Å². The van der Waals surface area contributed by atoms with Gasteiger partial charge in [0.1, 0.15) is 6.10 Å². The Kier molecular flexibility index (Phi) is 3.90. The van der Waals surface area contributed by atoms with Gasteiger partial charge in [0, 0.05) is 0 Å². The second-order valence-electron chi connectivity index (χ2n) is 1.94. The minimum Gasteiger partial charge on any atom is -0.394 e. The van der Waals surface area contributed by atoms with E-state index in [9.17, 15) is 10.1 Å². The van der Waals surface area contributed by atoms with Crippen LogP contribution in [0.15, 0.2) is 0 Å². The van der Waals surface area contributed by atoms with Gasteiger partial charge < -0.3 is 20.4 Å². The monoisotopic (exact) mass is 167 g/mol. The molecular weight excluding hydrogens is 158 g/mol. The maximum Gasteiger partial charge on any atom is 0.341 e. The quantitative estimate of drug-likeness (QED) is 0.205. The Morgan fingerprint density at radius 3 is 2.09 bits per heavy atom. The van der Waals surface area contributed by atoms with Gasteiger partial charge in [0.25, 0.3) is 0 Å². The van der Waals surface area contributed by atoms with Crippen LogP contribution in [0.5, 0.6) is 0 Å². The molecule has 0 aromatic heterocycles. The predicted octanol–water partition coefficient (Wildman–Crippen LogP) is -2.70. The van der Waals surface area contributed by atoms with Crippen molar-refractivity contribution in [2.45, 2.75) is 18.4 Å². The Hall–Kier alpha value is -0.760. The number of nitrogens with zero attached hydrogens (tertiary/aromatic N) is 1. The molecule has 0 radical (unpaired) electrons. The molecule has 66 valence electrons. The van der Waals surface area contributed by atoms with Gasteiger partial charge in [-0.15, -0.1) is 0 Å². The molecule has 3 unspecified atom stereocenters. The molecule has 0 saturated carbocycles. The van der Waals surface area contributed by atoms with E-state index in [0.29, 0.717) is 0 Å². The first-order valence-corrected chi connectivity index (χ1v) is 2.79. The Balaban J connectivity index is 4.00. The van der Waals surface area contributed by atoms with E-state index in [1.807, 2.05) is 0 Å². The first-order valence-electron chi connectivity index (χ1n) is 2.79. The Bertz CT molecular complexity index is 139. The lowest BCUT2D eigenvalue weighted by molar-refractivity contribution is -0.585. The lowest BCUT2D eigenvalue weighted by atomic mass is 10.2. The smallest absolute Gasteiger partial charge is 0.341 e.